The molecule has 0 saturated carbocycles. The first-order chi connectivity index (χ1) is 15.0. The van der Waals surface area contributed by atoms with E-state index in [0.717, 1.165) is 0 Å². The maximum Gasteiger partial charge on any atom is 0.319 e. The summed E-state index contributed by atoms with van der Waals surface area (Å²) in [7, 11) is 2.82. The molecule has 0 bridgehead atoms. The first-order valence-corrected chi connectivity index (χ1v) is 9.94. The summed E-state index contributed by atoms with van der Waals surface area (Å²) in [6.45, 7) is 2.34. The predicted octanol–water partition coefficient (Wildman–Crippen LogP) is 3.01. The minimum absolute atomic E-state index is 0.278. The summed E-state index contributed by atoms with van der Waals surface area (Å²) >= 11 is 6.32. The molecule has 3 rings (SSSR count). The lowest BCUT2D eigenvalue weighted by Gasteiger charge is -2.21. The number of carbonyl (C=O) groups is 2. The molecule has 1 heterocycles. The van der Waals surface area contributed by atoms with Crippen LogP contribution in [-0.2, 0) is 4.84 Å². The number of fused-ring (bicyclic) bond motifs is 1. The number of urea groups is 1. The van der Waals surface area contributed by atoms with Gasteiger partial charge in [-0.2, -0.15) is 0 Å². The fraction of sp³-hybridized carbons (Fsp3) is 0.286. The molecule has 164 valence electrons. The SMILES string of the molecule is CCNC(=O)NC1=CCC(Oc2ccnc3cc(OC)c(C(=O)NOC)cc23)C=C1Cl. The van der Waals surface area contributed by atoms with Gasteiger partial charge in [-0.25, -0.2) is 10.3 Å². The van der Waals surface area contributed by atoms with Crippen LogP contribution in [-0.4, -0.2) is 43.8 Å². The van der Waals surface area contributed by atoms with E-state index < -0.39 is 5.91 Å². The first kappa shape index (κ1) is 22.4. The largest absolute Gasteiger partial charge is 0.496 e. The van der Waals surface area contributed by atoms with Gasteiger partial charge in [0.1, 0.15) is 17.6 Å². The summed E-state index contributed by atoms with van der Waals surface area (Å²) < 4.78 is 11.4. The summed E-state index contributed by atoms with van der Waals surface area (Å²) in [6.07, 6.45) is 5.26. The molecule has 0 aliphatic heterocycles. The molecule has 0 saturated heterocycles. The summed E-state index contributed by atoms with van der Waals surface area (Å²) in [5, 5.41) is 6.36. The molecule has 1 aromatic carbocycles. The molecule has 10 heteroatoms. The Balaban J connectivity index is 1.85. The van der Waals surface area contributed by atoms with Crippen LogP contribution in [0.25, 0.3) is 10.9 Å². The number of allylic oxidation sites excluding steroid dienone is 1. The smallest absolute Gasteiger partial charge is 0.319 e. The monoisotopic (exact) mass is 446 g/mol. The van der Waals surface area contributed by atoms with E-state index in [1.165, 1.54) is 14.2 Å². The van der Waals surface area contributed by atoms with E-state index in [4.69, 9.17) is 25.9 Å². The third-order valence-electron chi connectivity index (χ3n) is 4.47. The van der Waals surface area contributed by atoms with Crippen molar-refractivity contribution in [2.45, 2.75) is 19.4 Å². The highest BCUT2D eigenvalue weighted by atomic mass is 35.5. The van der Waals surface area contributed by atoms with Gasteiger partial charge in [0.2, 0.25) is 0 Å². The van der Waals surface area contributed by atoms with Gasteiger partial charge in [-0.1, -0.05) is 17.7 Å². The van der Waals surface area contributed by atoms with Crippen LogP contribution in [0, 0.1) is 0 Å². The highest BCUT2D eigenvalue weighted by Crippen LogP contribution is 2.32. The van der Waals surface area contributed by atoms with Crippen LogP contribution in [0.5, 0.6) is 11.5 Å². The second kappa shape index (κ2) is 10.1. The van der Waals surface area contributed by atoms with Crippen molar-refractivity contribution in [3.63, 3.8) is 0 Å². The number of hydrogen-bond acceptors (Lipinski definition) is 6. The van der Waals surface area contributed by atoms with E-state index in [0.29, 0.717) is 46.1 Å². The standard InChI is InChI=1S/C21H23ClN4O5/c1-4-23-21(28)25-16-6-5-12(9-15(16)22)31-18-7-8-24-17-11-19(29-2)14(10-13(17)18)20(27)26-30-3/h6-12H,4-5H2,1-3H3,(H,26,27)(H2,23,25,28). The lowest BCUT2D eigenvalue weighted by molar-refractivity contribution is 0.0535. The number of nitrogens with one attached hydrogen (secondary N) is 3. The predicted molar refractivity (Wildman–Crippen MR) is 116 cm³/mol. The van der Waals surface area contributed by atoms with Crippen LogP contribution in [0.1, 0.15) is 23.7 Å². The van der Waals surface area contributed by atoms with Gasteiger partial charge in [0.05, 0.1) is 36.0 Å². The van der Waals surface area contributed by atoms with Crippen LogP contribution < -0.4 is 25.6 Å². The van der Waals surface area contributed by atoms with Crippen LogP contribution in [0.15, 0.2) is 47.3 Å². The average Bonchev–Trinajstić information content (AvgIpc) is 2.75. The van der Waals surface area contributed by atoms with Crippen LogP contribution in [0.4, 0.5) is 4.79 Å². The number of rotatable bonds is 7. The molecule has 1 unspecified atom stereocenters. The second-order valence-corrected chi connectivity index (χ2v) is 6.93. The van der Waals surface area contributed by atoms with E-state index in [1.807, 2.05) is 6.92 Å². The molecule has 9 nitrogen and oxygen atoms in total. The Hall–Kier alpha value is -3.30. The summed E-state index contributed by atoms with van der Waals surface area (Å²) in [5.41, 5.74) is 3.68. The highest BCUT2D eigenvalue weighted by molar-refractivity contribution is 6.32. The van der Waals surface area contributed by atoms with Gasteiger partial charge in [-0.3, -0.25) is 14.6 Å². The fourth-order valence-corrected chi connectivity index (χ4v) is 3.35. The summed E-state index contributed by atoms with van der Waals surface area (Å²) in [5.74, 6) is 0.426. The Morgan fingerprint density at radius 1 is 1.26 bits per heavy atom. The zero-order chi connectivity index (χ0) is 22.4. The molecular weight excluding hydrogens is 424 g/mol. The molecule has 1 aliphatic carbocycles. The van der Waals surface area contributed by atoms with Gasteiger partial charge >= 0.3 is 6.03 Å². The molecule has 2 aromatic rings. The van der Waals surface area contributed by atoms with E-state index in [1.54, 1.807) is 36.5 Å². The Labute approximate surface area is 184 Å². The van der Waals surface area contributed by atoms with Gasteiger partial charge in [-0.15, -0.1) is 0 Å². The number of hydroxylamine groups is 1. The van der Waals surface area contributed by atoms with E-state index in [9.17, 15) is 9.59 Å². The molecule has 3 amide bonds. The normalized spacial score (nSPS) is 15.5. The Bertz CT molecular complexity index is 1050. The summed E-state index contributed by atoms with van der Waals surface area (Å²) in [4.78, 5) is 33.1. The van der Waals surface area contributed by atoms with Gasteiger partial charge in [0.15, 0.2) is 0 Å². The third-order valence-corrected chi connectivity index (χ3v) is 4.80. The molecule has 1 atom stereocenters. The van der Waals surface area contributed by atoms with Crippen molar-refractivity contribution in [1.29, 1.82) is 0 Å². The van der Waals surface area contributed by atoms with Crippen molar-refractivity contribution in [3.05, 3.63) is 52.8 Å². The molecule has 3 N–H and O–H groups in total. The lowest BCUT2D eigenvalue weighted by Crippen LogP contribution is -2.35. The number of pyridine rings is 1. The van der Waals surface area contributed by atoms with E-state index in [-0.39, 0.29) is 17.7 Å². The number of methoxy groups -OCH3 is 1. The lowest BCUT2D eigenvalue weighted by atomic mass is 10.1. The number of aromatic nitrogens is 1. The molecule has 31 heavy (non-hydrogen) atoms. The maximum absolute atomic E-state index is 12.3. The molecule has 0 spiro atoms. The minimum Gasteiger partial charge on any atom is -0.496 e. The molecule has 1 aromatic heterocycles. The minimum atomic E-state index is -0.458. The number of ether oxygens (including phenoxy) is 2. The number of hydrogen-bond donors (Lipinski definition) is 3. The Morgan fingerprint density at radius 3 is 2.74 bits per heavy atom. The molecular formula is C21H23ClN4O5. The topological polar surface area (TPSA) is 111 Å². The average molecular weight is 447 g/mol. The van der Waals surface area contributed by atoms with Crippen molar-refractivity contribution < 1.29 is 23.9 Å². The van der Waals surface area contributed by atoms with Crippen LogP contribution in [0.3, 0.4) is 0 Å². The van der Waals surface area contributed by atoms with Gasteiger partial charge < -0.3 is 20.1 Å². The molecule has 0 radical (unpaired) electrons. The van der Waals surface area contributed by atoms with Crippen molar-refractivity contribution in [3.8, 4) is 11.5 Å². The van der Waals surface area contributed by atoms with Crippen LogP contribution >= 0.6 is 11.6 Å². The Kier molecular flexibility index (Phi) is 7.32. The van der Waals surface area contributed by atoms with Gasteiger partial charge in [0, 0.05) is 30.6 Å². The van der Waals surface area contributed by atoms with Gasteiger partial charge in [-0.05, 0) is 25.1 Å². The zero-order valence-electron chi connectivity index (χ0n) is 17.3. The van der Waals surface area contributed by atoms with Crippen molar-refractivity contribution in [2.24, 2.45) is 0 Å². The fourth-order valence-electron chi connectivity index (χ4n) is 3.08. The van der Waals surface area contributed by atoms with Crippen LogP contribution in [0.2, 0.25) is 0 Å². The zero-order valence-corrected chi connectivity index (χ0v) is 18.1. The number of nitrogens with zero attached hydrogens (tertiary/aromatic N) is 1. The third kappa shape index (κ3) is 5.25. The number of amides is 3. The number of halogens is 1. The van der Waals surface area contributed by atoms with E-state index >= 15 is 0 Å². The first-order valence-electron chi connectivity index (χ1n) is 9.56. The molecule has 0 fully saturated rings. The van der Waals surface area contributed by atoms with Crippen molar-refractivity contribution >= 4 is 34.4 Å². The Morgan fingerprint density at radius 2 is 2.06 bits per heavy atom. The highest BCUT2D eigenvalue weighted by Gasteiger charge is 2.20. The van der Waals surface area contributed by atoms with E-state index in [2.05, 4.69) is 21.1 Å². The summed E-state index contributed by atoms with van der Waals surface area (Å²) in [6, 6.07) is 4.68. The number of benzene rings is 1. The quantitative estimate of drug-likeness (QED) is 0.564. The number of carbonyl (C=O) groups excluding carboxylic acids is 2. The maximum atomic E-state index is 12.3. The molecule has 1 aliphatic rings. The van der Waals surface area contributed by atoms with Crippen molar-refractivity contribution in [2.75, 3.05) is 20.8 Å². The second-order valence-electron chi connectivity index (χ2n) is 6.52. The van der Waals surface area contributed by atoms with Crippen molar-refractivity contribution in [1.82, 2.24) is 21.1 Å². The van der Waals surface area contributed by atoms with Gasteiger partial charge in [0.25, 0.3) is 5.91 Å².